The third-order valence-electron chi connectivity index (χ3n) is 8.51. The molecule has 1 N–H and O–H groups in total. The molecule has 0 radical (unpaired) electrons. The average Bonchev–Trinajstić information content (AvgIpc) is 3.06. The summed E-state index contributed by atoms with van der Waals surface area (Å²) < 4.78 is 67.0. The lowest BCUT2D eigenvalue weighted by Crippen LogP contribution is -2.46. The van der Waals surface area contributed by atoms with Crippen molar-refractivity contribution < 1.29 is 41.7 Å². The Morgan fingerprint density at radius 1 is 0.849 bits per heavy atom. The molecule has 53 heavy (non-hydrogen) atoms. The van der Waals surface area contributed by atoms with Gasteiger partial charge in [0.15, 0.2) is 0 Å². The minimum atomic E-state index is -4.66. The van der Waals surface area contributed by atoms with E-state index in [9.17, 15) is 22.8 Å². The Hall–Kier alpha value is -4.35. The Morgan fingerprint density at radius 2 is 1.55 bits per heavy atom. The van der Waals surface area contributed by atoms with Gasteiger partial charge in [0.2, 0.25) is 0 Å². The maximum Gasteiger partial charge on any atom is 0.417 e. The van der Waals surface area contributed by atoms with Gasteiger partial charge in [-0.1, -0.05) is 67.1 Å². The molecule has 8 nitrogen and oxygen atoms in total. The van der Waals surface area contributed by atoms with Crippen molar-refractivity contribution in [2.75, 3.05) is 32.9 Å². The number of nitrogens with zero attached hydrogens (tertiary/aromatic N) is 1. The molecule has 288 valence electrons. The number of halogens is 3. The van der Waals surface area contributed by atoms with Crippen molar-refractivity contribution in [3.63, 3.8) is 0 Å². The number of hydrogen-bond donors (Lipinski definition) is 1. The number of piperidine rings is 1. The van der Waals surface area contributed by atoms with E-state index in [-0.39, 0.29) is 44.2 Å². The SMILES string of the molecule is Cc1c(/C=C/c2cc(OCCOCCNC(=O)OC(C)(C)C)c(CN3CCCC[C@H]3C(=O)OC(C)(C)C)cc2C(F)(F)F)cccc1-c1ccccc1. The topological polar surface area (TPSA) is 86.3 Å². The summed E-state index contributed by atoms with van der Waals surface area (Å²) in [6.07, 6.45) is 0.104. The number of alkyl halides is 3. The second-order valence-electron chi connectivity index (χ2n) is 15.2. The number of ether oxygens (including phenoxy) is 4. The third kappa shape index (κ3) is 12.9. The Kier molecular flexibility index (Phi) is 14.2. The van der Waals surface area contributed by atoms with Gasteiger partial charge in [0, 0.05) is 18.7 Å². The third-order valence-corrected chi connectivity index (χ3v) is 8.51. The van der Waals surface area contributed by atoms with Gasteiger partial charge in [-0.2, -0.15) is 13.2 Å². The fourth-order valence-corrected chi connectivity index (χ4v) is 6.11. The van der Waals surface area contributed by atoms with Crippen LogP contribution in [0.5, 0.6) is 5.75 Å². The Bertz CT molecular complexity index is 1710. The first-order chi connectivity index (χ1) is 24.9. The predicted molar refractivity (Wildman–Crippen MR) is 201 cm³/mol. The molecule has 3 aromatic carbocycles. The Balaban J connectivity index is 1.61. The zero-order valence-electron chi connectivity index (χ0n) is 31.9. The molecule has 3 aromatic rings. The van der Waals surface area contributed by atoms with Gasteiger partial charge < -0.3 is 24.3 Å². The fraction of sp³-hybridized carbons (Fsp3) is 0.476. The summed E-state index contributed by atoms with van der Waals surface area (Å²) >= 11 is 0. The molecule has 0 aromatic heterocycles. The van der Waals surface area contributed by atoms with Crippen molar-refractivity contribution in [1.82, 2.24) is 10.2 Å². The summed E-state index contributed by atoms with van der Waals surface area (Å²) in [6, 6.07) is 17.5. The molecule has 0 saturated carbocycles. The molecule has 4 rings (SSSR count). The van der Waals surface area contributed by atoms with Crippen LogP contribution in [-0.2, 0) is 31.7 Å². The molecule has 0 bridgehead atoms. The molecular formula is C42H53F3N2O6. The largest absolute Gasteiger partial charge is 0.491 e. The lowest BCUT2D eigenvalue weighted by Gasteiger charge is -2.36. The van der Waals surface area contributed by atoms with Gasteiger partial charge in [-0.05, 0) is 108 Å². The van der Waals surface area contributed by atoms with Crippen LogP contribution in [0.15, 0.2) is 60.7 Å². The van der Waals surface area contributed by atoms with Crippen LogP contribution in [-0.4, -0.2) is 67.1 Å². The van der Waals surface area contributed by atoms with Crippen molar-refractivity contribution in [3.05, 3.63) is 88.5 Å². The molecule has 11 heteroatoms. The van der Waals surface area contributed by atoms with Crippen LogP contribution in [0, 0.1) is 6.92 Å². The van der Waals surface area contributed by atoms with E-state index in [0.717, 1.165) is 41.2 Å². The Morgan fingerprint density at radius 3 is 2.23 bits per heavy atom. The standard InChI is InChI=1S/C42H53F3N2O6/c1-29-30(16-13-17-34(29)31-14-9-8-10-15-31)19-20-32-27-37(51-25-24-50-23-21-46-39(49)53-41(5,6)7)33(26-35(32)42(43,44)45)28-47-22-12-11-18-36(47)38(48)52-40(2,3)4/h8-10,13-17,19-20,26-27,36H,11-12,18,21-25,28H2,1-7H3,(H,46,49)/b20-19+/t36-/m0/s1. The first-order valence-corrected chi connectivity index (χ1v) is 18.1. The highest BCUT2D eigenvalue weighted by atomic mass is 19.4. The van der Waals surface area contributed by atoms with Gasteiger partial charge >= 0.3 is 18.2 Å². The van der Waals surface area contributed by atoms with E-state index in [1.165, 1.54) is 12.1 Å². The molecule has 1 heterocycles. The van der Waals surface area contributed by atoms with Crippen molar-refractivity contribution >= 4 is 24.2 Å². The molecule has 0 unspecified atom stereocenters. The molecule has 1 aliphatic heterocycles. The second-order valence-corrected chi connectivity index (χ2v) is 15.2. The smallest absolute Gasteiger partial charge is 0.417 e. The van der Waals surface area contributed by atoms with Gasteiger partial charge in [-0.15, -0.1) is 0 Å². The predicted octanol–water partition coefficient (Wildman–Crippen LogP) is 9.47. The molecule has 1 fully saturated rings. The van der Waals surface area contributed by atoms with Crippen LogP contribution in [0.4, 0.5) is 18.0 Å². The fourth-order valence-electron chi connectivity index (χ4n) is 6.11. The lowest BCUT2D eigenvalue weighted by molar-refractivity contribution is -0.163. The number of benzene rings is 3. The van der Waals surface area contributed by atoms with Gasteiger partial charge in [0.1, 0.15) is 29.6 Å². The van der Waals surface area contributed by atoms with E-state index >= 15 is 0 Å². The molecule has 1 aliphatic rings. The van der Waals surface area contributed by atoms with E-state index in [0.29, 0.717) is 18.5 Å². The zero-order valence-corrected chi connectivity index (χ0v) is 31.9. The van der Waals surface area contributed by atoms with Crippen molar-refractivity contribution in [3.8, 4) is 16.9 Å². The van der Waals surface area contributed by atoms with Crippen LogP contribution in [0.2, 0.25) is 0 Å². The minimum absolute atomic E-state index is 0.0433. The molecule has 0 aliphatic carbocycles. The van der Waals surface area contributed by atoms with Gasteiger partial charge in [-0.25, -0.2) is 4.79 Å². The summed E-state index contributed by atoms with van der Waals surface area (Å²) in [5, 5.41) is 2.62. The normalized spacial score (nSPS) is 15.7. The van der Waals surface area contributed by atoms with Crippen molar-refractivity contribution in [2.24, 2.45) is 0 Å². The number of likely N-dealkylation sites (tertiary alicyclic amines) is 1. The number of carbonyl (C=O) groups excluding carboxylic acids is 2. The maximum atomic E-state index is 14.8. The molecule has 1 saturated heterocycles. The second kappa shape index (κ2) is 18.1. The summed E-state index contributed by atoms with van der Waals surface area (Å²) in [6.45, 7) is 13.8. The van der Waals surface area contributed by atoms with Crippen LogP contribution >= 0.6 is 0 Å². The summed E-state index contributed by atoms with van der Waals surface area (Å²) in [5.41, 5.74) is 1.85. The summed E-state index contributed by atoms with van der Waals surface area (Å²) in [7, 11) is 0. The minimum Gasteiger partial charge on any atom is -0.491 e. The molecule has 1 atom stereocenters. The summed E-state index contributed by atoms with van der Waals surface area (Å²) in [5.74, 6) is -0.131. The van der Waals surface area contributed by atoms with Crippen LogP contribution in [0.25, 0.3) is 23.3 Å². The van der Waals surface area contributed by atoms with E-state index in [2.05, 4.69) is 5.32 Å². The van der Waals surface area contributed by atoms with Gasteiger partial charge in [0.05, 0.1) is 18.8 Å². The molecule has 0 spiro atoms. The van der Waals surface area contributed by atoms with Crippen LogP contribution in [0.1, 0.15) is 88.6 Å². The molecular weight excluding hydrogens is 685 g/mol. The number of nitrogens with one attached hydrogen (secondary N) is 1. The highest BCUT2D eigenvalue weighted by Gasteiger charge is 2.36. The van der Waals surface area contributed by atoms with E-state index in [1.54, 1.807) is 47.6 Å². The number of hydrogen-bond acceptors (Lipinski definition) is 7. The number of amides is 1. The maximum absolute atomic E-state index is 14.8. The molecule has 1 amide bonds. The van der Waals surface area contributed by atoms with Gasteiger partial charge in [-0.3, -0.25) is 9.69 Å². The quantitative estimate of drug-likeness (QED) is 0.106. The number of esters is 1. The van der Waals surface area contributed by atoms with Crippen LogP contribution in [0.3, 0.4) is 0 Å². The van der Waals surface area contributed by atoms with E-state index < -0.39 is 41.0 Å². The van der Waals surface area contributed by atoms with Crippen molar-refractivity contribution in [1.29, 1.82) is 0 Å². The number of carbonyl (C=O) groups is 2. The monoisotopic (exact) mass is 738 g/mol. The average molecular weight is 739 g/mol. The van der Waals surface area contributed by atoms with E-state index in [4.69, 9.17) is 18.9 Å². The summed E-state index contributed by atoms with van der Waals surface area (Å²) in [4.78, 5) is 27.0. The van der Waals surface area contributed by atoms with Crippen LogP contribution < -0.4 is 10.1 Å². The number of alkyl carbamates (subject to hydrolysis) is 1. The van der Waals surface area contributed by atoms with E-state index in [1.807, 2.05) is 60.4 Å². The first-order valence-electron chi connectivity index (χ1n) is 18.1. The van der Waals surface area contributed by atoms with Gasteiger partial charge in [0.25, 0.3) is 0 Å². The lowest BCUT2D eigenvalue weighted by atomic mass is 9.95. The first kappa shape index (κ1) is 41.4. The highest BCUT2D eigenvalue weighted by molar-refractivity contribution is 5.79. The number of rotatable bonds is 13. The Labute approximate surface area is 311 Å². The zero-order chi connectivity index (χ0) is 38.8. The highest BCUT2D eigenvalue weighted by Crippen LogP contribution is 2.38. The van der Waals surface area contributed by atoms with Crippen molar-refractivity contribution in [2.45, 2.75) is 97.7 Å².